The van der Waals surface area contributed by atoms with E-state index < -0.39 is 0 Å². The molecule has 1 atom stereocenters. The number of hydrogen-bond donors (Lipinski definition) is 2. The topological polar surface area (TPSA) is 63.0 Å². The zero-order valence-corrected chi connectivity index (χ0v) is 10.9. The highest BCUT2D eigenvalue weighted by molar-refractivity contribution is 5.21. The van der Waals surface area contributed by atoms with Crippen molar-refractivity contribution in [3.63, 3.8) is 0 Å². The molecule has 96 valence electrons. The van der Waals surface area contributed by atoms with Crippen molar-refractivity contribution < 1.29 is 4.42 Å². The number of rotatable bonds is 4. The average molecular weight is 238 g/mol. The van der Waals surface area contributed by atoms with Gasteiger partial charge in [0.1, 0.15) is 0 Å². The van der Waals surface area contributed by atoms with Gasteiger partial charge in [0, 0.05) is 6.04 Å². The molecule has 1 saturated carbocycles. The van der Waals surface area contributed by atoms with Crippen LogP contribution in [-0.4, -0.2) is 23.3 Å². The summed E-state index contributed by atoms with van der Waals surface area (Å²) in [6, 6.07) is 0.981. The Kier molecular flexibility index (Phi) is 3.66. The molecule has 1 aromatic rings. The Morgan fingerprint density at radius 2 is 2.18 bits per heavy atom. The Morgan fingerprint density at radius 1 is 1.35 bits per heavy atom. The molecule has 1 aromatic heterocycles. The molecule has 1 aliphatic carbocycles. The van der Waals surface area contributed by atoms with Gasteiger partial charge >= 0.3 is 6.01 Å². The van der Waals surface area contributed by atoms with Gasteiger partial charge < -0.3 is 15.1 Å². The quantitative estimate of drug-likeness (QED) is 0.841. The summed E-state index contributed by atoms with van der Waals surface area (Å²) in [5, 5.41) is 14.4. The van der Waals surface area contributed by atoms with Crippen LogP contribution in [0.5, 0.6) is 0 Å². The second-order valence-electron chi connectivity index (χ2n) is 5.46. The lowest BCUT2D eigenvalue weighted by atomic mass is 9.73. The lowest BCUT2D eigenvalue weighted by molar-refractivity contribution is 0.214. The van der Waals surface area contributed by atoms with Gasteiger partial charge in [-0.2, -0.15) is 0 Å². The molecule has 1 fully saturated rings. The Bertz CT molecular complexity index is 361. The molecule has 1 unspecified atom stereocenters. The van der Waals surface area contributed by atoms with Gasteiger partial charge in [0.15, 0.2) is 0 Å². The maximum atomic E-state index is 5.52. The fourth-order valence-electron chi connectivity index (χ4n) is 2.45. The van der Waals surface area contributed by atoms with E-state index in [-0.39, 0.29) is 0 Å². The molecule has 0 saturated heterocycles. The summed E-state index contributed by atoms with van der Waals surface area (Å²) in [5.74, 6) is 0.628. The molecule has 2 N–H and O–H groups in total. The second kappa shape index (κ2) is 5.04. The Hall–Kier alpha value is -1.10. The molecule has 0 radical (unpaired) electrons. The van der Waals surface area contributed by atoms with Crippen LogP contribution in [0.1, 0.15) is 45.4 Å². The van der Waals surface area contributed by atoms with Crippen LogP contribution >= 0.6 is 0 Å². The predicted octanol–water partition coefficient (Wildman–Crippen LogP) is 2.17. The molecule has 0 aromatic carbocycles. The number of aromatic nitrogens is 2. The highest BCUT2D eigenvalue weighted by Gasteiger charge is 2.33. The molecule has 0 spiro atoms. The molecule has 0 amide bonds. The van der Waals surface area contributed by atoms with Gasteiger partial charge in [-0.15, -0.1) is 5.10 Å². The Balaban J connectivity index is 1.98. The van der Waals surface area contributed by atoms with E-state index in [4.69, 9.17) is 4.42 Å². The number of nitrogens with zero attached hydrogens (tertiary/aromatic N) is 2. The molecule has 0 aliphatic heterocycles. The highest BCUT2D eigenvalue weighted by atomic mass is 16.4. The minimum absolute atomic E-state index is 0.301. The molecule has 5 heteroatoms. The molecule has 1 aliphatic rings. The van der Waals surface area contributed by atoms with E-state index in [0.717, 1.165) is 0 Å². The minimum atomic E-state index is 0.301. The first-order valence-corrected chi connectivity index (χ1v) is 6.35. The maximum absolute atomic E-state index is 5.52. The van der Waals surface area contributed by atoms with E-state index in [1.807, 2.05) is 7.05 Å². The van der Waals surface area contributed by atoms with Crippen molar-refractivity contribution in [2.45, 2.75) is 52.1 Å². The van der Waals surface area contributed by atoms with E-state index in [1.54, 1.807) is 0 Å². The van der Waals surface area contributed by atoms with Crippen molar-refractivity contribution in [1.29, 1.82) is 0 Å². The number of hydrogen-bond acceptors (Lipinski definition) is 5. The standard InChI is InChI=1S/C12H22N4O/c1-12(2)7-5-4-6-9(12)14-11-16-15-10(17-11)8-13-3/h9,13H,4-8H2,1-3H3,(H,14,16). The lowest BCUT2D eigenvalue weighted by Crippen LogP contribution is -2.39. The molecule has 1 heterocycles. The van der Waals surface area contributed by atoms with Gasteiger partial charge in [0.2, 0.25) is 5.89 Å². The summed E-state index contributed by atoms with van der Waals surface area (Å²) in [6.45, 7) is 5.21. The van der Waals surface area contributed by atoms with Gasteiger partial charge in [0.25, 0.3) is 0 Å². The third-order valence-electron chi connectivity index (χ3n) is 3.60. The second-order valence-corrected chi connectivity index (χ2v) is 5.46. The normalized spacial score (nSPS) is 23.6. The smallest absolute Gasteiger partial charge is 0.315 e. The van der Waals surface area contributed by atoms with E-state index in [0.29, 0.717) is 29.9 Å². The van der Waals surface area contributed by atoms with Crippen molar-refractivity contribution >= 4 is 6.01 Å². The maximum Gasteiger partial charge on any atom is 0.315 e. The first-order chi connectivity index (χ1) is 8.12. The Labute approximate surface area is 102 Å². The summed E-state index contributed by atoms with van der Waals surface area (Å²) >= 11 is 0. The summed E-state index contributed by atoms with van der Waals surface area (Å²) in [7, 11) is 1.86. The summed E-state index contributed by atoms with van der Waals surface area (Å²) in [4.78, 5) is 0. The molecule has 0 bridgehead atoms. The summed E-state index contributed by atoms with van der Waals surface area (Å²) < 4.78 is 5.52. The SMILES string of the molecule is CNCc1nnc(NC2CCCCC2(C)C)o1. The fourth-order valence-corrected chi connectivity index (χ4v) is 2.45. The van der Waals surface area contributed by atoms with Crippen LogP contribution in [0.25, 0.3) is 0 Å². The molecular formula is C12H22N4O. The van der Waals surface area contributed by atoms with E-state index in [1.165, 1.54) is 25.7 Å². The van der Waals surface area contributed by atoms with E-state index in [9.17, 15) is 0 Å². The number of anilines is 1. The monoisotopic (exact) mass is 238 g/mol. The van der Waals surface area contributed by atoms with Crippen LogP contribution < -0.4 is 10.6 Å². The minimum Gasteiger partial charge on any atom is -0.407 e. The summed E-state index contributed by atoms with van der Waals surface area (Å²) in [6.07, 6.45) is 5.03. The predicted molar refractivity (Wildman–Crippen MR) is 66.7 cm³/mol. The number of nitrogens with one attached hydrogen (secondary N) is 2. The van der Waals surface area contributed by atoms with Gasteiger partial charge in [-0.05, 0) is 25.3 Å². The van der Waals surface area contributed by atoms with Crippen molar-refractivity contribution in [2.24, 2.45) is 5.41 Å². The van der Waals surface area contributed by atoms with Crippen molar-refractivity contribution in [3.8, 4) is 0 Å². The van der Waals surface area contributed by atoms with Gasteiger partial charge in [-0.1, -0.05) is 31.8 Å². The third kappa shape index (κ3) is 2.97. The van der Waals surface area contributed by atoms with Crippen LogP contribution in [-0.2, 0) is 6.54 Å². The highest BCUT2D eigenvalue weighted by Crippen LogP contribution is 2.36. The van der Waals surface area contributed by atoms with Crippen molar-refractivity contribution in [2.75, 3.05) is 12.4 Å². The van der Waals surface area contributed by atoms with Crippen molar-refractivity contribution in [3.05, 3.63) is 5.89 Å². The fraction of sp³-hybridized carbons (Fsp3) is 0.833. The Morgan fingerprint density at radius 3 is 2.88 bits per heavy atom. The first kappa shape index (κ1) is 12.4. The third-order valence-corrected chi connectivity index (χ3v) is 3.60. The van der Waals surface area contributed by atoms with E-state index >= 15 is 0 Å². The van der Waals surface area contributed by atoms with Gasteiger partial charge in [0.05, 0.1) is 6.54 Å². The summed E-state index contributed by atoms with van der Waals surface area (Å²) in [5.41, 5.74) is 0.301. The average Bonchev–Trinajstić information content (AvgIpc) is 2.70. The van der Waals surface area contributed by atoms with Crippen LogP contribution in [0.2, 0.25) is 0 Å². The first-order valence-electron chi connectivity index (χ1n) is 6.35. The largest absolute Gasteiger partial charge is 0.407 e. The molecule has 17 heavy (non-hydrogen) atoms. The van der Waals surface area contributed by atoms with Crippen LogP contribution in [0.3, 0.4) is 0 Å². The molecule has 5 nitrogen and oxygen atoms in total. The van der Waals surface area contributed by atoms with Crippen LogP contribution in [0, 0.1) is 5.41 Å². The zero-order valence-electron chi connectivity index (χ0n) is 10.9. The molecule has 2 rings (SSSR count). The van der Waals surface area contributed by atoms with Crippen molar-refractivity contribution in [1.82, 2.24) is 15.5 Å². The van der Waals surface area contributed by atoms with Gasteiger partial charge in [-0.25, -0.2) is 0 Å². The van der Waals surface area contributed by atoms with E-state index in [2.05, 4.69) is 34.7 Å². The lowest BCUT2D eigenvalue weighted by Gasteiger charge is -2.38. The van der Waals surface area contributed by atoms with Gasteiger partial charge in [-0.3, -0.25) is 0 Å². The van der Waals surface area contributed by atoms with Crippen LogP contribution in [0.15, 0.2) is 4.42 Å². The zero-order chi connectivity index (χ0) is 12.3. The molecular weight excluding hydrogens is 216 g/mol. The van der Waals surface area contributed by atoms with Crippen LogP contribution in [0.4, 0.5) is 6.01 Å².